The summed E-state index contributed by atoms with van der Waals surface area (Å²) in [6, 6.07) is 16.1. The van der Waals surface area contributed by atoms with Gasteiger partial charge in [-0.05, 0) is 55.4 Å². The van der Waals surface area contributed by atoms with Gasteiger partial charge in [0.05, 0.1) is 22.3 Å². The molecule has 222 valence electrons. The molecule has 7 rings (SSSR count). The van der Waals surface area contributed by atoms with Gasteiger partial charge < -0.3 is 0 Å². The molecule has 42 heavy (non-hydrogen) atoms. The first-order valence-corrected chi connectivity index (χ1v) is 16.8. The van der Waals surface area contributed by atoms with Crippen LogP contribution in [-0.2, 0) is 11.0 Å². The average molecular weight is 564 g/mol. The molecule has 1 saturated carbocycles. The zero-order valence-corrected chi connectivity index (χ0v) is 27.5. The highest BCUT2D eigenvalue weighted by atomic mass is 15.3. The predicted octanol–water partition coefficient (Wildman–Crippen LogP) is 9.68. The fraction of sp³-hybridized carbons (Fsp3) is 0.579. The lowest BCUT2D eigenvalue weighted by atomic mass is 9.67. The van der Waals surface area contributed by atoms with Gasteiger partial charge in [0.25, 0.3) is 0 Å². The van der Waals surface area contributed by atoms with Crippen LogP contribution in [0.4, 0.5) is 0 Å². The van der Waals surface area contributed by atoms with Crippen molar-refractivity contribution >= 4 is 33.4 Å². The molecular weight excluding hydrogens is 512 g/mol. The normalized spacial score (nSPS) is 24.7. The molecule has 4 nitrogen and oxygen atoms in total. The predicted molar refractivity (Wildman–Crippen MR) is 176 cm³/mol. The van der Waals surface area contributed by atoms with Crippen molar-refractivity contribution in [2.45, 2.75) is 124 Å². The second-order valence-corrected chi connectivity index (χ2v) is 15.2. The van der Waals surface area contributed by atoms with Crippen LogP contribution in [0.3, 0.4) is 0 Å². The number of hydrogen-bond donors (Lipinski definition) is 0. The second kappa shape index (κ2) is 9.56. The number of hydrogen-bond acceptors (Lipinski definition) is 1. The fourth-order valence-electron chi connectivity index (χ4n) is 9.00. The molecule has 2 aromatic carbocycles. The Morgan fingerprint density at radius 2 is 1.62 bits per heavy atom. The molecule has 4 atom stereocenters. The molecule has 3 aromatic heterocycles. The number of imidazole rings is 2. The van der Waals surface area contributed by atoms with Crippen molar-refractivity contribution in [2.24, 2.45) is 17.8 Å². The smallest absolute Gasteiger partial charge is 0.261 e. The van der Waals surface area contributed by atoms with E-state index < -0.39 is 0 Å². The van der Waals surface area contributed by atoms with Gasteiger partial charge in [-0.3, -0.25) is 4.40 Å². The maximum absolute atomic E-state index is 5.78. The zero-order chi connectivity index (χ0) is 29.7. The zero-order valence-electron chi connectivity index (χ0n) is 27.5. The van der Waals surface area contributed by atoms with Crippen LogP contribution < -0.4 is 4.57 Å². The number of fused-ring (bicyclic) bond motifs is 6. The van der Waals surface area contributed by atoms with E-state index >= 15 is 0 Å². The van der Waals surface area contributed by atoms with E-state index in [1.54, 1.807) is 0 Å². The first kappa shape index (κ1) is 27.9. The maximum atomic E-state index is 5.78. The van der Waals surface area contributed by atoms with Crippen molar-refractivity contribution in [1.29, 1.82) is 0 Å². The summed E-state index contributed by atoms with van der Waals surface area (Å²) in [6.45, 7) is 22.0. The van der Waals surface area contributed by atoms with Gasteiger partial charge in [-0.1, -0.05) is 111 Å². The van der Waals surface area contributed by atoms with Crippen LogP contribution in [0.5, 0.6) is 0 Å². The van der Waals surface area contributed by atoms with Crippen molar-refractivity contribution in [1.82, 2.24) is 13.8 Å². The van der Waals surface area contributed by atoms with Crippen molar-refractivity contribution in [3.05, 3.63) is 59.4 Å². The number of rotatable bonds is 6. The van der Waals surface area contributed by atoms with Gasteiger partial charge in [0, 0.05) is 17.3 Å². The van der Waals surface area contributed by atoms with Crippen molar-refractivity contribution < 1.29 is 4.57 Å². The Bertz CT molecular complexity index is 1820. The first-order valence-electron chi connectivity index (χ1n) is 16.8. The van der Waals surface area contributed by atoms with E-state index in [1.165, 1.54) is 83.1 Å². The number of aromatic nitrogens is 4. The van der Waals surface area contributed by atoms with Gasteiger partial charge >= 0.3 is 11.4 Å². The van der Waals surface area contributed by atoms with Gasteiger partial charge in [-0.15, -0.1) is 0 Å². The average Bonchev–Trinajstić information content (AvgIpc) is 3.52. The Balaban J connectivity index is 1.71. The van der Waals surface area contributed by atoms with Crippen molar-refractivity contribution in [3.8, 4) is 0 Å². The van der Waals surface area contributed by atoms with E-state index in [0.717, 1.165) is 5.78 Å². The Morgan fingerprint density at radius 3 is 2.33 bits per heavy atom. The van der Waals surface area contributed by atoms with Crippen LogP contribution in [0, 0.1) is 17.8 Å². The third-order valence-corrected chi connectivity index (χ3v) is 12.3. The van der Waals surface area contributed by atoms with Gasteiger partial charge in [0.15, 0.2) is 11.0 Å². The minimum absolute atomic E-state index is 0.0561. The molecule has 2 aliphatic rings. The molecular formula is C38H51N4+. The van der Waals surface area contributed by atoms with Crippen LogP contribution in [0.2, 0.25) is 0 Å². The van der Waals surface area contributed by atoms with E-state index in [2.05, 4.69) is 118 Å². The van der Waals surface area contributed by atoms with Gasteiger partial charge in [0.2, 0.25) is 0 Å². The van der Waals surface area contributed by atoms with Crippen LogP contribution in [-0.4, -0.2) is 13.8 Å². The molecule has 0 amide bonds. The van der Waals surface area contributed by atoms with Gasteiger partial charge in [-0.25, -0.2) is 4.57 Å². The maximum Gasteiger partial charge on any atom is 0.312 e. The summed E-state index contributed by atoms with van der Waals surface area (Å²) in [5.74, 6) is 3.91. The molecule has 1 fully saturated rings. The number of unbranched alkanes of at least 4 members (excludes halogenated alkanes) is 1. The summed E-state index contributed by atoms with van der Waals surface area (Å²) in [7, 11) is 0. The molecule has 0 N–H and O–H groups in total. The molecule has 1 aliphatic carbocycles. The number of para-hydroxylation sites is 2. The van der Waals surface area contributed by atoms with E-state index in [-0.39, 0.29) is 11.0 Å². The Hall–Kier alpha value is -2.88. The SMILES string of the molecule is CCCCC(C)C(C)c1nc2n(c1C1C(C)CCCC1C)c1cccc3c1c1n2c2ccccc2[n+]1C(C)(C)C3(C)C. The van der Waals surface area contributed by atoms with E-state index in [1.807, 2.05) is 0 Å². The van der Waals surface area contributed by atoms with Gasteiger partial charge in [-0.2, -0.15) is 9.38 Å². The highest BCUT2D eigenvalue weighted by Crippen LogP contribution is 2.50. The van der Waals surface area contributed by atoms with Gasteiger partial charge in [0.1, 0.15) is 5.54 Å². The lowest BCUT2D eigenvalue weighted by Crippen LogP contribution is -2.64. The highest BCUT2D eigenvalue weighted by molar-refractivity contribution is 6.00. The molecule has 4 heteroatoms. The summed E-state index contributed by atoms with van der Waals surface area (Å²) < 4.78 is 7.83. The Morgan fingerprint density at radius 1 is 0.929 bits per heavy atom. The molecule has 0 radical (unpaired) electrons. The molecule has 5 aromatic rings. The minimum atomic E-state index is -0.117. The summed E-state index contributed by atoms with van der Waals surface area (Å²) in [5.41, 5.74) is 9.34. The van der Waals surface area contributed by atoms with Crippen LogP contribution in [0.15, 0.2) is 42.5 Å². The monoisotopic (exact) mass is 563 g/mol. The number of nitrogens with zero attached hydrogens (tertiary/aromatic N) is 4. The second-order valence-electron chi connectivity index (χ2n) is 15.2. The molecule has 4 heterocycles. The lowest BCUT2D eigenvalue weighted by Gasteiger charge is -2.43. The molecule has 4 unspecified atom stereocenters. The molecule has 0 bridgehead atoms. The number of benzene rings is 2. The van der Waals surface area contributed by atoms with E-state index in [0.29, 0.717) is 29.6 Å². The highest BCUT2D eigenvalue weighted by Gasteiger charge is 2.52. The fourth-order valence-corrected chi connectivity index (χ4v) is 9.00. The first-order chi connectivity index (χ1) is 20.0. The topological polar surface area (TPSA) is 25.6 Å². The molecule has 1 aliphatic heterocycles. The minimum Gasteiger partial charge on any atom is -0.261 e. The van der Waals surface area contributed by atoms with E-state index in [9.17, 15) is 0 Å². The summed E-state index contributed by atoms with van der Waals surface area (Å²) in [4.78, 5) is 5.78. The Kier molecular flexibility index (Phi) is 6.36. The third-order valence-electron chi connectivity index (χ3n) is 12.3. The summed E-state index contributed by atoms with van der Waals surface area (Å²) >= 11 is 0. The van der Waals surface area contributed by atoms with Crippen LogP contribution in [0.1, 0.15) is 130 Å². The van der Waals surface area contributed by atoms with Crippen LogP contribution in [0.25, 0.3) is 33.4 Å². The lowest BCUT2D eigenvalue weighted by molar-refractivity contribution is -0.723. The third kappa shape index (κ3) is 3.53. The van der Waals surface area contributed by atoms with Crippen molar-refractivity contribution in [2.75, 3.05) is 0 Å². The summed E-state index contributed by atoms with van der Waals surface area (Å²) in [6.07, 6.45) is 7.75. The van der Waals surface area contributed by atoms with Crippen LogP contribution >= 0.6 is 0 Å². The van der Waals surface area contributed by atoms with Crippen molar-refractivity contribution in [3.63, 3.8) is 0 Å². The molecule has 0 spiro atoms. The quantitative estimate of drug-likeness (QED) is 0.189. The summed E-state index contributed by atoms with van der Waals surface area (Å²) in [5, 5.41) is 1.40. The largest absolute Gasteiger partial charge is 0.312 e. The Labute approximate surface area is 252 Å². The van der Waals surface area contributed by atoms with E-state index in [4.69, 9.17) is 4.98 Å². The standard InChI is InChI=1S/C38H51N4/c1-10-11-16-23(2)26(5)33-34(31-24(3)17-14-18-25(31)4)40-30-22-15-19-27-32(30)35-41(36(40)39-33)28-20-12-13-21-29(28)42(35)38(8,9)37(27,6)7/h12-13,15,19-26,31H,10-11,14,16-18H2,1-9H3/q+1. The molecule has 0 saturated heterocycles.